The maximum Gasteiger partial charge on any atom is 0.0713 e. The number of anilines is 3. The third kappa shape index (κ3) is 4.49. The Kier molecular flexibility index (Phi) is 6.84. The highest BCUT2D eigenvalue weighted by Crippen LogP contribution is 2.56. The Morgan fingerprint density at radius 1 is 0.472 bits per heavy atom. The summed E-state index contributed by atoms with van der Waals surface area (Å²) < 4.78 is 2.64. The zero-order valence-electron chi connectivity index (χ0n) is 29.2. The van der Waals surface area contributed by atoms with Gasteiger partial charge in [-0.15, -0.1) is 11.3 Å². The molecule has 0 bridgehead atoms. The molecule has 2 aliphatic rings. The van der Waals surface area contributed by atoms with Crippen LogP contribution in [0.3, 0.4) is 0 Å². The normalized spacial score (nSPS) is 14.0. The van der Waals surface area contributed by atoms with Crippen LogP contribution in [0.15, 0.2) is 182 Å². The molecule has 2 aliphatic carbocycles. The smallest absolute Gasteiger partial charge is 0.0713 e. The second-order valence-electron chi connectivity index (χ2n) is 14.3. The predicted octanol–water partition coefficient (Wildman–Crippen LogP) is 14.0. The molecular weight excluding hydrogens is 659 g/mol. The van der Waals surface area contributed by atoms with E-state index in [2.05, 4.69) is 193 Å². The Morgan fingerprint density at radius 2 is 1.08 bits per heavy atom. The van der Waals surface area contributed by atoms with E-state index in [1.165, 1.54) is 86.8 Å². The minimum Gasteiger partial charge on any atom is -0.310 e. The second kappa shape index (κ2) is 11.9. The van der Waals surface area contributed by atoms with Crippen LogP contribution in [-0.4, -0.2) is 0 Å². The van der Waals surface area contributed by atoms with Crippen molar-refractivity contribution in [1.82, 2.24) is 0 Å². The van der Waals surface area contributed by atoms with Gasteiger partial charge in [0.2, 0.25) is 0 Å². The highest BCUT2D eigenvalue weighted by Gasteiger charge is 2.45. The van der Waals surface area contributed by atoms with Crippen molar-refractivity contribution in [2.75, 3.05) is 4.90 Å². The van der Waals surface area contributed by atoms with Gasteiger partial charge in [-0.05, 0) is 105 Å². The number of hydrogen-bond donors (Lipinski definition) is 0. The van der Waals surface area contributed by atoms with Gasteiger partial charge in [0.05, 0.1) is 11.1 Å². The molecule has 2 heteroatoms. The standard InChI is InChI=1S/C51H35NS/c1-2-15-35(16-3-1)51(46-23-11-8-19-41(46)42-20-9-12-24-47(42)51)36-26-28-37(29-27-36)52(38-30-31-50-45(33-38)44-22-10-13-25-49(44)53-50)48-32-34-14-4-5-17-39(34)40-18-6-7-21-43(40)48/h1-3,5-13,15-33H,4,14H2. The summed E-state index contributed by atoms with van der Waals surface area (Å²) >= 11 is 1.87. The predicted molar refractivity (Wildman–Crippen MR) is 226 cm³/mol. The molecule has 250 valence electrons. The third-order valence-corrected chi connectivity index (χ3v) is 12.7. The van der Waals surface area contributed by atoms with Crippen LogP contribution in [0.5, 0.6) is 0 Å². The van der Waals surface area contributed by atoms with Gasteiger partial charge >= 0.3 is 0 Å². The molecule has 0 aliphatic heterocycles. The first-order valence-electron chi connectivity index (χ1n) is 18.6. The van der Waals surface area contributed by atoms with E-state index in [-0.39, 0.29) is 0 Å². The van der Waals surface area contributed by atoms with Crippen molar-refractivity contribution in [2.24, 2.45) is 0 Å². The van der Waals surface area contributed by atoms with Gasteiger partial charge in [-0.1, -0.05) is 146 Å². The van der Waals surface area contributed by atoms with Gasteiger partial charge in [0.25, 0.3) is 0 Å². The van der Waals surface area contributed by atoms with Crippen LogP contribution in [0, 0.1) is 0 Å². The van der Waals surface area contributed by atoms with E-state index in [9.17, 15) is 0 Å². The molecule has 9 aromatic rings. The van der Waals surface area contributed by atoms with E-state index in [0.717, 1.165) is 18.5 Å². The number of aryl methyl sites for hydroxylation is 1. The Hall–Kier alpha value is -6.22. The lowest BCUT2D eigenvalue weighted by atomic mass is 9.68. The van der Waals surface area contributed by atoms with E-state index in [1.54, 1.807) is 0 Å². The quantitative estimate of drug-likeness (QED) is 0.173. The zero-order chi connectivity index (χ0) is 34.9. The molecule has 0 saturated heterocycles. The lowest BCUT2D eigenvalue weighted by molar-refractivity contribution is 0.768. The molecule has 8 aromatic carbocycles. The molecule has 0 radical (unpaired) electrons. The van der Waals surface area contributed by atoms with Crippen LogP contribution in [0.25, 0.3) is 48.1 Å². The molecule has 0 fully saturated rings. The lowest BCUT2D eigenvalue weighted by Gasteiger charge is -2.34. The average molecular weight is 694 g/mol. The Balaban J connectivity index is 1.16. The summed E-state index contributed by atoms with van der Waals surface area (Å²) in [5.41, 5.74) is 13.7. The van der Waals surface area contributed by atoms with Crippen LogP contribution < -0.4 is 4.90 Å². The van der Waals surface area contributed by atoms with Crippen molar-refractivity contribution < 1.29 is 0 Å². The fourth-order valence-corrected chi connectivity index (χ4v) is 10.4. The fraction of sp³-hybridized carbons (Fsp3) is 0.0588. The minimum absolute atomic E-state index is 0.433. The number of fused-ring (bicyclic) bond motifs is 9. The molecular formula is C51H35NS. The number of rotatable bonds is 5. The number of hydrogen-bond acceptors (Lipinski definition) is 2. The van der Waals surface area contributed by atoms with E-state index in [1.807, 2.05) is 11.3 Å². The summed E-state index contributed by atoms with van der Waals surface area (Å²) in [6.45, 7) is 0. The highest BCUT2D eigenvalue weighted by atomic mass is 32.1. The SMILES string of the molecule is C1=Cc2c(cc(N(c3ccc(C4(c5ccccc5)c5ccccc5-c5ccccc54)cc3)c3ccc4sc5ccccc5c4c3)c3ccccc23)CC1. The summed E-state index contributed by atoms with van der Waals surface area (Å²) in [6.07, 6.45) is 6.76. The Labute approximate surface area is 313 Å². The molecule has 1 aromatic heterocycles. The van der Waals surface area contributed by atoms with Gasteiger partial charge in [0.1, 0.15) is 0 Å². The average Bonchev–Trinajstić information content (AvgIpc) is 3.75. The molecule has 53 heavy (non-hydrogen) atoms. The van der Waals surface area contributed by atoms with Gasteiger partial charge in [-0.3, -0.25) is 0 Å². The Morgan fingerprint density at radius 3 is 1.85 bits per heavy atom. The summed E-state index contributed by atoms with van der Waals surface area (Å²) in [5, 5.41) is 5.18. The zero-order valence-corrected chi connectivity index (χ0v) is 30.0. The van der Waals surface area contributed by atoms with Crippen molar-refractivity contribution in [1.29, 1.82) is 0 Å². The van der Waals surface area contributed by atoms with Gasteiger partial charge in [-0.2, -0.15) is 0 Å². The number of nitrogens with zero attached hydrogens (tertiary/aromatic N) is 1. The maximum atomic E-state index is 2.50. The lowest BCUT2D eigenvalue weighted by Crippen LogP contribution is -2.28. The molecule has 11 rings (SSSR count). The maximum absolute atomic E-state index is 2.50. The van der Waals surface area contributed by atoms with Crippen molar-refractivity contribution in [2.45, 2.75) is 18.3 Å². The van der Waals surface area contributed by atoms with Crippen molar-refractivity contribution >= 4 is 65.4 Å². The van der Waals surface area contributed by atoms with E-state index in [0.29, 0.717) is 0 Å². The summed E-state index contributed by atoms with van der Waals surface area (Å²) in [7, 11) is 0. The van der Waals surface area contributed by atoms with Crippen LogP contribution >= 0.6 is 11.3 Å². The van der Waals surface area contributed by atoms with Crippen LogP contribution in [0.4, 0.5) is 17.1 Å². The van der Waals surface area contributed by atoms with Crippen molar-refractivity contribution in [3.63, 3.8) is 0 Å². The number of allylic oxidation sites excluding steroid dienone is 1. The van der Waals surface area contributed by atoms with Gasteiger partial charge in [0.15, 0.2) is 0 Å². The minimum atomic E-state index is -0.433. The summed E-state index contributed by atoms with van der Waals surface area (Å²) in [5.74, 6) is 0. The third-order valence-electron chi connectivity index (χ3n) is 11.6. The van der Waals surface area contributed by atoms with Crippen LogP contribution in [-0.2, 0) is 11.8 Å². The fourth-order valence-electron chi connectivity index (χ4n) is 9.32. The topological polar surface area (TPSA) is 3.24 Å². The van der Waals surface area contributed by atoms with Gasteiger partial charge in [0, 0.05) is 36.9 Å². The van der Waals surface area contributed by atoms with E-state index in [4.69, 9.17) is 0 Å². The number of benzene rings is 8. The van der Waals surface area contributed by atoms with Crippen molar-refractivity contribution in [3.05, 3.63) is 215 Å². The Bertz CT molecular complexity index is 2850. The van der Waals surface area contributed by atoms with Crippen LogP contribution in [0.1, 0.15) is 39.8 Å². The first kappa shape index (κ1) is 30.4. The molecule has 0 saturated carbocycles. The molecule has 0 spiro atoms. The van der Waals surface area contributed by atoms with Gasteiger partial charge < -0.3 is 4.90 Å². The van der Waals surface area contributed by atoms with Crippen molar-refractivity contribution in [3.8, 4) is 11.1 Å². The second-order valence-corrected chi connectivity index (χ2v) is 15.4. The molecule has 0 unspecified atom stereocenters. The molecule has 0 N–H and O–H groups in total. The first-order chi connectivity index (χ1) is 26.3. The monoisotopic (exact) mass is 693 g/mol. The van der Waals surface area contributed by atoms with E-state index < -0.39 is 5.41 Å². The first-order valence-corrected chi connectivity index (χ1v) is 19.4. The summed E-state index contributed by atoms with van der Waals surface area (Å²) in [6, 6.07) is 65.8. The molecule has 0 atom stereocenters. The summed E-state index contributed by atoms with van der Waals surface area (Å²) in [4.78, 5) is 2.50. The highest BCUT2D eigenvalue weighted by molar-refractivity contribution is 7.25. The van der Waals surface area contributed by atoms with Gasteiger partial charge in [-0.25, -0.2) is 0 Å². The molecule has 1 nitrogen and oxygen atoms in total. The molecule has 1 heterocycles. The van der Waals surface area contributed by atoms with Crippen LogP contribution in [0.2, 0.25) is 0 Å². The number of thiophene rings is 1. The molecule has 0 amide bonds. The van der Waals surface area contributed by atoms with E-state index >= 15 is 0 Å². The largest absolute Gasteiger partial charge is 0.310 e.